The quantitative estimate of drug-likeness (QED) is 0.478. The summed E-state index contributed by atoms with van der Waals surface area (Å²) >= 11 is 6.32. The van der Waals surface area contributed by atoms with Crippen LogP contribution in [0.15, 0.2) is 59.7 Å². The molecular weight excluding hydrogens is 388 g/mol. The molecule has 4 aromatic rings. The smallest absolute Gasteiger partial charge is 0.195 e. The van der Waals surface area contributed by atoms with E-state index in [-0.39, 0.29) is 29.2 Å². The Balaban J connectivity index is 1.87. The van der Waals surface area contributed by atoms with Crippen LogP contribution in [0.2, 0.25) is 5.02 Å². The number of benzene rings is 2. The predicted octanol–water partition coefficient (Wildman–Crippen LogP) is 3.70. The van der Waals surface area contributed by atoms with E-state index in [0.717, 1.165) is 5.56 Å². The second-order valence-corrected chi connectivity index (χ2v) is 6.69. The molecule has 4 rings (SSSR count). The summed E-state index contributed by atoms with van der Waals surface area (Å²) in [6.45, 7) is 0.132. The third-order valence-corrected chi connectivity index (χ3v) is 4.88. The normalized spacial score (nSPS) is 10.6. The van der Waals surface area contributed by atoms with Crippen LogP contribution in [0.1, 0.15) is 11.1 Å². The number of aromatic nitrogens is 3. The monoisotopic (exact) mass is 402 g/mol. The fourth-order valence-electron chi connectivity index (χ4n) is 3.15. The number of nitriles is 1. The third-order valence-electron chi connectivity index (χ3n) is 4.57. The molecule has 0 aliphatic carbocycles. The van der Waals surface area contributed by atoms with Crippen LogP contribution in [-0.4, -0.2) is 15.0 Å². The molecule has 142 valence electrons. The SMILES string of the molecule is N#Cc1c(N)ncnc1NCc1c(-c2ccccc2)[nH]c2c(Cl)cccc2c1=O. The molecule has 0 aliphatic rings. The Bertz CT molecular complexity index is 1310. The maximum absolute atomic E-state index is 13.3. The van der Waals surface area contributed by atoms with Gasteiger partial charge in [0, 0.05) is 17.5 Å². The number of nitrogens with one attached hydrogen (secondary N) is 2. The van der Waals surface area contributed by atoms with Crippen LogP contribution < -0.4 is 16.5 Å². The van der Waals surface area contributed by atoms with E-state index in [0.29, 0.717) is 27.2 Å². The van der Waals surface area contributed by atoms with Crippen LogP contribution in [0, 0.1) is 11.3 Å². The molecule has 2 aromatic carbocycles. The predicted molar refractivity (Wildman–Crippen MR) is 114 cm³/mol. The number of rotatable bonds is 4. The molecule has 0 fully saturated rings. The van der Waals surface area contributed by atoms with Crippen LogP contribution in [0.5, 0.6) is 0 Å². The van der Waals surface area contributed by atoms with Crippen LogP contribution >= 0.6 is 11.6 Å². The Morgan fingerprint density at radius 2 is 1.93 bits per heavy atom. The van der Waals surface area contributed by atoms with Gasteiger partial charge in [0.1, 0.15) is 29.6 Å². The van der Waals surface area contributed by atoms with E-state index in [2.05, 4.69) is 20.3 Å². The second kappa shape index (κ2) is 7.62. The molecule has 0 spiro atoms. The fourth-order valence-corrected chi connectivity index (χ4v) is 3.37. The number of para-hydroxylation sites is 1. The zero-order valence-electron chi connectivity index (χ0n) is 15.1. The standard InChI is InChI=1S/C21H15ClN6O/c22-16-8-4-7-13-18(16)28-17(12-5-2-1-3-6-12)15(19(13)29)10-25-21-14(9-23)20(24)26-11-27-21/h1-8,11H,10H2,(H,28,29)(H3,24,25,26,27). The van der Waals surface area contributed by atoms with Crippen molar-refractivity contribution in [2.45, 2.75) is 6.54 Å². The fraction of sp³-hybridized carbons (Fsp3) is 0.0476. The lowest BCUT2D eigenvalue weighted by atomic mass is 10.0. The zero-order chi connectivity index (χ0) is 20.4. The molecule has 0 saturated heterocycles. The summed E-state index contributed by atoms with van der Waals surface area (Å²) in [5.41, 5.74) is 8.27. The Morgan fingerprint density at radius 3 is 2.69 bits per heavy atom. The lowest BCUT2D eigenvalue weighted by Crippen LogP contribution is -2.17. The van der Waals surface area contributed by atoms with Crippen molar-refractivity contribution < 1.29 is 0 Å². The number of nitrogen functional groups attached to an aromatic ring is 1. The van der Waals surface area contributed by atoms with Gasteiger partial charge in [-0.15, -0.1) is 0 Å². The number of hydrogen-bond acceptors (Lipinski definition) is 6. The van der Waals surface area contributed by atoms with Gasteiger partial charge in [-0.2, -0.15) is 5.26 Å². The molecule has 2 aromatic heterocycles. The number of halogens is 1. The minimum Gasteiger partial charge on any atom is -0.382 e. The van der Waals surface area contributed by atoms with Crippen molar-refractivity contribution in [2.75, 3.05) is 11.1 Å². The molecule has 0 unspecified atom stereocenters. The minimum atomic E-state index is -0.159. The number of pyridine rings is 1. The van der Waals surface area contributed by atoms with Crippen LogP contribution in [-0.2, 0) is 6.54 Å². The summed E-state index contributed by atoms with van der Waals surface area (Å²) in [5, 5.41) is 13.3. The number of nitrogens with two attached hydrogens (primary N) is 1. The highest BCUT2D eigenvalue weighted by molar-refractivity contribution is 6.35. The number of aromatic amines is 1. The van der Waals surface area contributed by atoms with Gasteiger partial charge in [-0.1, -0.05) is 48.0 Å². The summed E-state index contributed by atoms with van der Waals surface area (Å²) in [6, 6.07) is 16.7. The molecular formula is C21H15ClN6O. The first-order valence-electron chi connectivity index (χ1n) is 8.73. The van der Waals surface area contributed by atoms with Gasteiger partial charge < -0.3 is 16.0 Å². The summed E-state index contributed by atoms with van der Waals surface area (Å²) in [5.74, 6) is 0.345. The number of hydrogen-bond donors (Lipinski definition) is 3. The molecule has 29 heavy (non-hydrogen) atoms. The van der Waals surface area contributed by atoms with Gasteiger partial charge in [0.2, 0.25) is 0 Å². The van der Waals surface area contributed by atoms with Gasteiger partial charge in [-0.25, -0.2) is 9.97 Å². The van der Waals surface area contributed by atoms with Crippen molar-refractivity contribution in [3.05, 3.63) is 81.2 Å². The second-order valence-electron chi connectivity index (χ2n) is 6.28. The van der Waals surface area contributed by atoms with Crippen molar-refractivity contribution in [3.63, 3.8) is 0 Å². The van der Waals surface area contributed by atoms with Crippen LogP contribution in [0.4, 0.5) is 11.6 Å². The van der Waals surface area contributed by atoms with E-state index in [1.165, 1.54) is 6.33 Å². The lowest BCUT2D eigenvalue weighted by molar-refractivity contribution is 1.06. The Hall–Kier alpha value is -3.89. The lowest BCUT2D eigenvalue weighted by Gasteiger charge is -2.14. The minimum absolute atomic E-state index is 0.0764. The van der Waals surface area contributed by atoms with Crippen molar-refractivity contribution in [1.29, 1.82) is 5.26 Å². The molecule has 0 radical (unpaired) electrons. The molecule has 8 heteroatoms. The number of nitrogens with zero attached hydrogens (tertiary/aromatic N) is 3. The highest BCUT2D eigenvalue weighted by Crippen LogP contribution is 2.27. The summed E-state index contributed by atoms with van der Waals surface area (Å²) in [6.07, 6.45) is 1.26. The maximum atomic E-state index is 13.3. The Morgan fingerprint density at radius 1 is 1.14 bits per heavy atom. The average Bonchev–Trinajstić information content (AvgIpc) is 2.74. The van der Waals surface area contributed by atoms with Crippen molar-refractivity contribution in [2.24, 2.45) is 0 Å². The van der Waals surface area contributed by atoms with Gasteiger partial charge in [0.25, 0.3) is 0 Å². The zero-order valence-corrected chi connectivity index (χ0v) is 15.9. The molecule has 0 amide bonds. The molecule has 2 heterocycles. The van der Waals surface area contributed by atoms with Gasteiger partial charge in [-0.3, -0.25) is 4.79 Å². The van der Waals surface area contributed by atoms with Gasteiger partial charge in [-0.05, 0) is 17.7 Å². The van der Waals surface area contributed by atoms with Crippen molar-refractivity contribution >= 4 is 34.1 Å². The van der Waals surface area contributed by atoms with Crippen LogP contribution in [0.25, 0.3) is 22.2 Å². The first kappa shape index (κ1) is 18.5. The van der Waals surface area contributed by atoms with Gasteiger partial charge in [0.15, 0.2) is 5.43 Å². The van der Waals surface area contributed by atoms with Crippen LogP contribution in [0.3, 0.4) is 0 Å². The van der Waals surface area contributed by atoms with E-state index >= 15 is 0 Å². The van der Waals surface area contributed by atoms with Gasteiger partial charge >= 0.3 is 0 Å². The molecule has 0 aliphatic heterocycles. The molecule has 7 nitrogen and oxygen atoms in total. The first-order chi connectivity index (χ1) is 14.1. The van der Waals surface area contributed by atoms with Crippen molar-refractivity contribution in [1.82, 2.24) is 15.0 Å². The summed E-state index contributed by atoms with van der Waals surface area (Å²) < 4.78 is 0. The first-order valence-corrected chi connectivity index (χ1v) is 9.11. The average molecular weight is 403 g/mol. The van der Waals surface area contributed by atoms with Crippen molar-refractivity contribution in [3.8, 4) is 17.3 Å². The number of fused-ring (bicyclic) bond motifs is 1. The topological polar surface area (TPSA) is 120 Å². The van der Waals surface area contributed by atoms with E-state index in [9.17, 15) is 10.1 Å². The highest BCUT2D eigenvalue weighted by atomic mass is 35.5. The van der Waals surface area contributed by atoms with E-state index < -0.39 is 0 Å². The summed E-state index contributed by atoms with van der Waals surface area (Å²) in [7, 11) is 0. The Labute approximate surface area is 170 Å². The highest BCUT2D eigenvalue weighted by Gasteiger charge is 2.16. The summed E-state index contributed by atoms with van der Waals surface area (Å²) in [4.78, 5) is 24.5. The molecule has 0 saturated carbocycles. The Kier molecular flexibility index (Phi) is 4.85. The molecule has 4 N–H and O–H groups in total. The molecule has 0 bridgehead atoms. The van der Waals surface area contributed by atoms with E-state index in [1.54, 1.807) is 18.2 Å². The maximum Gasteiger partial charge on any atom is 0.195 e. The number of anilines is 2. The number of H-pyrrole nitrogens is 1. The third kappa shape index (κ3) is 3.37. The molecule has 0 atom stereocenters. The van der Waals surface area contributed by atoms with Gasteiger partial charge in [0.05, 0.1) is 16.2 Å². The van der Waals surface area contributed by atoms with E-state index in [1.807, 2.05) is 36.4 Å². The largest absolute Gasteiger partial charge is 0.382 e. The van der Waals surface area contributed by atoms with E-state index in [4.69, 9.17) is 17.3 Å².